The summed E-state index contributed by atoms with van der Waals surface area (Å²) in [5.74, 6) is -5.19. The predicted molar refractivity (Wildman–Crippen MR) is 167 cm³/mol. The lowest BCUT2D eigenvalue weighted by atomic mass is 10.0. The maximum absolute atomic E-state index is 13.9. The summed E-state index contributed by atoms with van der Waals surface area (Å²) >= 11 is 0. The molecule has 0 spiro atoms. The van der Waals surface area contributed by atoms with Gasteiger partial charge in [-0.3, -0.25) is 43.9 Å². The lowest BCUT2D eigenvalue weighted by Gasteiger charge is -2.30. The van der Waals surface area contributed by atoms with E-state index in [1.54, 1.807) is 0 Å². The third-order valence-corrected chi connectivity index (χ3v) is 7.87. The highest BCUT2D eigenvalue weighted by atomic mass is 16.4. The SMILES string of the molecule is CC(=O)NC(N)=NCCC[C@@H]1NC(=O)[C@H](CCCC(=O)O)NC(=O)[C@H](Cc2cnc[nH]2)NC(=O)[C@H](CCO)NC(=O)[C@H]2CCCN2C1=O. The molecule has 2 aliphatic rings. The fourth-order valence-electron chi connectivity index (χ4n) is 5.51. The van der Waals surface area contributed by atoms with Gasteiger partial charge in [0, 0.05) is 51.4 Å². The third-order valence-electron chi connectivity index (χ3n) is 7.87. The normalized spacial score (nSPS) is 24.4. The minimum absolute atomic E-state index is 0.00617. The van der Waals surface area contributed by atoms with Gasteiger partial charge in [0.25, 0.3) is 0 Å². The summed E-state index contributed by atoms with van der Waals surface area (Å²) in [6.07, 6.45) is 3.18. The first-order valence-corrected chi connectivity index (χ1v) is 15.8. The van der Waals surface area contributed by atoms with Crippen molar-refractivity contribution >= 4 is 47.4 Å². The Morgan fingerprint density at radius 2 is 1.58 bits per heavy atom. The van der Waals surface area contributed by atoms with Crippen LogP contribution in [0.25, 0.3) is 0 Å². The minimum atomic E-state index is -1.30. The zero-order valence-electron chi connectivity index (χ0n) is 26.7. The lowest BCUT2D eigenvalue weighted by Crippen LogP contribution is -2.58. The Labute approximate surface area is 276 Å². The van der Waals surface area contributed by atoms with E-state index >= 15 is 0 Å². The number of nitrogens with one attached hydrogen (secondary N) is 6. The van der Waals surface area contributed by atoms with Crippen LogP contribution in [0.2, 0.25) is 0 Å². The molecule has 0 aliphatic carbocycles. The van der Waals surface area contributed by atoms with Gasteiger partial charge in [-0.2, -0.15) is 0 Å². The number of carbonyl (C=O) groups is 7. The van der Waals surface area contributed by atoms with Gasteiger partial charge in [0.1, 0.15) is 30.2 Å². The highest BCUT2D eigenvalue weighted by molar-refractivity contribution is 5.98. The van der Waals surface area contributed by atoms with E-state index in [1.807, 2.05) is 0 Å². The van der Waals surface area contributed by atoms with E-state index in [4.69, 9.17) is 5.73 Å². The molecule has 3 heterocycles. The zero-order valence-corrected chi connectivity index (χ0v) is 26.7. The van der Waals surface area contributed by atoms with Crippen molar-refractivity contribution in [3.63, 3.8) is 0 Å². The highest BCUT2D eigenvalue weighted by Crippen LogP contribution is 2.21. The molecule has 6 amide bonds. The van der Waals surface area contributed by atoms with Crippen LogP contribution in [0.1, 0.15) is 64.0 Å². The molecule has 2 aliphatic heterocycles. The number of carboxylic acid groups (broad SMARTS) is 1. The van der Waals surface area contributed by atoms with Crippen LogP contribution in [0.5, 0.6) is 0 Å². The standard InChI is InChI=1S/C29H44N10O9/c1-16(41)34-29(30)32-10-3-6-20-28(48)39-11-4-7-22(39)27(47)36-19(9-12-40)25(45)38-21(13-17-14-31-15-33-17)26(46)35-18(24(44)37-20)5-2-8-23(42)43/h14-15,18-22,40H,2-13H2,1H3,(H,31,33)(H,35,46)(H,36,47)(H,37,44)(H,38,45)(H,42,43)(H3,30,32,34,41)/t18-,19-,20-,21-,22+/m0/s1. The molecule has 3 rings (SSSR count). The second-order valence-corrected chi connectivity index (χ2v) is 11.6. The molecule has 0 aromatic carbocycles. The highest BCUT2D eigenvalue weighted by Gasteiger charge is 2.40. The number of aromatic nitrogens is 2. The molecule has 264 valence electrons. The summed E-state index contributed by atoms with van der Waals surface area (Å²) in [6, 6.07) is -5.98. The number of aliphatic imine (C=N–C) groups is 1. The first kappa shape index (κ1) is 37.4. The number of carboxylic acids is 1. The van der Waals surface area contributed by atoms with Gasteiger partial charge >= 0.3 is 5.97 Å². The fourth-order valence-corrected chi connectivity index (χ4v) is 5.51. The average Bonchev–Trinajstić information content (AvgIpc) is 3.73. The molecule has 1 aromatic rings. The summed E-state index contributed by atoms with van der Waals surface area (Å²) in [5, 5.41) is 31.7. The van der Waals surface area contributed by atoms with Crippen LogP contribution in [0.3, 0.4) is 0 Å². The zero-order chi connectivity index (χ0) is 35.2. The van der Waals surface area contributed by atoms with E-state index in [9.17, 15) is 43.8 Å². The maximum atomic E-state index is 13.9. The topological polar surface area (TPSA) is 290 Å². The molecule has 2 fully saturated rings. The molecule has 2 saturated heterocycles. The number of nitrogens with zero attached hydrogens (tertiary/aromatic N) is 3. The van der Waals surface area contributed by atoms with Crippen molar-refractivity contribution in [3.05, 3.63) is 18.2 Å². The van der Waals surface area contributed by atoms with Crippen molar-refractivity contribution in [2.75, 3.05) is 19.7 Å². The Hall–Kier alpha value is -5.07. The number of aliphatic hydroxyl groups excluding tert-OH is 1. The molecule has 0 bridgehead atoms. The van der Waals surface area contributed by atoms with Gasteiger partial charge in [0.15, 0.2) is 5.96 Å². The van der Waals surface area contributed by atoms with Gasteiger partial charge in [-0.15, -0.1) is 0 Å². The average molecular weight is 677 g/mol. The van der Waals surface area contributed by atoms with Crippen LogP contribution in [-0.4, -0.2) is 122 Å². The number of aromatic amines is 1. The Morgan fingerprint density at radius 1 is 0.958 bits per heavy atom. The maximum Gasteiger partial charge on any atom is 0.303 e. The predicted octanol–water partition coefficient (Wildman–Crippen LogP) is -3.24. The second-order valence-electron chi connectivity index (χ2n) is 11.6. The molecule has 19 heteroatoms. The fraction of sp³-hybridized carbons (Fsp3) is 0.621. The van der Waals surface area contributed by atoms with Crippen molar-refractivity contribution < 1.29 is 43.8 Å². The quantitative estimate of drug-likeness (QED) is 0.0602. The van der Waals surface area contributed by atoms with Gasteiger partial charge in [0.2, 0.25) is 35.4 Å². The first-order chi connectivity index (χ1) is 22.9. The van der Waals surface area contributed by atoms with E-state index in [2.05, 4.69) is 41.5 Å². The van der Waals surface area contributed by atoms with Crippen molar-refractivity contribution in [2.24, 2.45) is 10.7 Å². The Balaban J connectivity index is 1.98. The summed E-state index contributed by atoms with van der Waals surface area (Å²) in [7, 11) is 0. The summed E-state index contributed by atoms with van der Waals surface area (Å²) < 4.78 is 0. The second kappa shape index (κ2) is 18.3. The van der Waals surface area contributed by atoms with Crippen molar-refractivity contribution in [1.82, 2.24) is 41.5 Å². The molecular formula is C29H44N10O9. The number of fused-ring (bicyclic) bond motifs is 1. The number of rotatable bonds is 12. The van der Waals surface area contributed by atoms with Crippen molar-refractivity contribution in [3.8, 4) is 0 Å². The molecule has 5 atom stereocenters. The summed E-state index contributed by atoms with van der Waals surface area (Å²) in [4.78, 5) is 103. The molecular weight excluding hydrogens is 632 g/mol. The van der Waals surface area contributed by atoms with Gasteiger partial charge in [0.05, 0.1) is 6.33 Å². The van der Waals surface area contributed by atoms with E-state index < -0.39 is 78.2 Å². The van der Waals surface area contributed by atoms with Gasteiger partial charge in [-0.25, -0.2) is 4.98 Å². The van der Waals surface area contributed by atoms with Crippen LogP contribution in [0.15, 0.2) is 17.5 Å². The van der Waals surface area contributed by atoms with Crippen molar-refractivity contribution in [2.45, 2.75) is 94.9 Å². The van der Waals surface area contributed by atoms with Crippen LogP contribution < -0.4 is 32.3 Å². The Kier molecular flexibility index (Phi) is 14.3. The van der Waals surface area contributed by atoms with Gasteiger partial charge in [-0.05, 0) is 44.9 Å². The number of guanidine groups is 1. The van der Waals surface area contributed by atoms with E-state index in [-0.39, 0.29) is 70.4 Å². The third kappa shape index (κ3) is 11.3. The van der Waals surface area contributed by atoms with Crippen LogP contribution in [-0.2, 0) is 40.0 Å². The van der Waals surface area contributed by atoms with Crippen LogP contribution >= 0.6 is 0 Å². The molecule has 0 saturated carbocycles. The number of carbonyl (C=O) groups excluding carboxylic acids is 6. The summed E-state index contributed by atoms with van der Waals surface area (Å²) in [5.41, 5.74) is 6.15. The first-order valence-electron chi connectivity index (χ1n) is 15.8. The molecule has 10 N–H and O–H groups in total. The number of amides is 6. The summed E-state index contributed by atoms with van der Waals surface area (Å²) in [6.45, 7) is 1.07. The number of aliphatic carboxylic acids is 1. The smallest absolute Gasteiger partial charge is 0.303 e. The lowest BCUT2D eigenvalue weighted by molar-refractivity contribution is -0.142. The van der Waals surface area contributed by atoms with Gasteiger partial charge < -0.3 is 47.1 Å². The Bertz CT molecular complexity index is 1350. The molecule has 48 heavy (non-hydrogen) atoms. The van der Waals surface area contributed by atoms with E-state index in [0.29, 0.717) is 12.1 Å². The number of imidazole rings is 1. The number of hydrogen-bond acceptors (Lipinski definition) is 10. The van der Waals surface area contributed by atoms with Crippen molar-refractivity contribution in [1.29, 1.82) is 0 Å². The van der Waals surface area contributed by atoms with Crippen LogP contribution in [0, 0.1) is 0 Å². The van der Waals surface area contributed by atoms with Crippen LogP contribution in [0.4, 0.5) is 0 Å². The molecule has 1 aromatic heterocycles. The Morgan fingerprint density at radius 3 is 2.23 bits per heavy atom. The van der Waals surface area contributed by atoms with Gasteiger partial charge in [-0.1, -0.05) is 0 Å². The number of H-pyrrole nitrogens is 1. The minimum Gasteiger partial charge on any atom is -0.481 e. The molecule has 0 unspecified atom stereocenters. The van der Waals surface area contributed by atoms with E-state index in [1.165, 1.54) is 24.3 Å². The number of nitrogens with two attached hydrogens (primary N) is 1. The number of aliphatic hydroxyl groups is 1. The van der Waals surface area contributed by atoms with E-state index in [0.717, 1.165) is 0 Å². The molecule has 0 radical (unpaired) electrons. The largest absolute Gasteiger partial charge is 0.481 e. The monoisotopic (exact) mass is 676 g/mol. The number of hydrogen-bond donors (Lipinski definition) is 9. The molecule has 19 nitrogen and oxygen atoms in total.